The fourth-order valence-electron chi connectivity index (χ4n) is 3.25. The standard InChI is InChI=1S/C18H22N4O2/c1-12-19-17(21-13-4-2-3-5-13)11-18(20-12)22-14-6-7-15-16(10-14)24-9-8-23-15/h6-7,10-11,13H,2-5,8-9H2,1H3,(H2,19,20,21,22). The Morgan fingerprint density at radius 3 is 2.54 bits per heavy atom. The second kappa shape index (κ2) is 6.55. The third kappa shape index (κ3) is 3.37. The Morgan fingerprint density at radius 2 is 1.71 bits per heavy atom. The number of aromatic nitrogens is 2. The number of benzene rings is 1. The van der Waals surface area contributed by atoms with Crippen LogP contribution in [0.2, 0.25) is 0 Å². The Balaban J connectivity index is 1.52. The van der Waals surface area contributed by atoms with E-state index >= 15 is 0 Å². The molecule has 6 nitrogen and oxygen atoms in total. The minimum Gasteiger partial charge on any atom is -0.486 e. The second-order valence-corrected chi connectivity index (χ2v) is 6.29. The highest BCUT2D eigenvalue weighted by atomic mass is 16.6. The van der Waals surface area contributed by atoms with Crippen LogP contribution in [0.3, 0.4) is 0 Å². The number of fused-ring (bicyclic) bond motifs is 1. The molecular formula is C18H22N4O2. The zero-order valence-corrected chi connectivity index (χ0v) is 13.8. The highest BCUT2D eigenvalue weighted by Crippen LogP contribution is 2.33. The number of rotatable bonds is 4. The van der Waals surface area contributed by atoms with Gasteiger partial charge in [0.2, 0.25) is 0 Å². The number of anilines is 3. The van der Waals surface area contributed by atoms with Crippen LogP contribution < -0.4 is 20.1 Å². The van der Waals surface area contributed by atoms with Crippen molar-refractivity contribution in [3.05, 3.63) is 30.1 Å². The number of hydrogen-bond donors (Lipinski definition) is 2. The molecule has 6 heteroatoms. The van der Waals surface area contributed by atoms with Crippen molar-refractivity contribution in [3.8, 4) is 11.5 Å². The van der Waals surface area contributed by atoms with Gasteiger partial charge in [0.05, 0.1) is 0 Å². The van der Waals surface area contributed by atoms with Crippen molar-refractivity contribution in [2.75, 3.05) is 23.8 Å². The van der Waals surface area contributed by atoms with Crippen LogP contribution in [0.15, 0.2) is 24.3 Å². The molecule has 126 valence electrons. The van der Waals surface area contributed by atoms with E-state index in [1.54, 1.807) is 0 Å². The molecule has 2 N–H and O–H groups in total. The fourth-order valence-corrected chi connectivity index (χ4v) is 3.25. The van der Waals surface area contributed by atoms with Gasteiger partial charge in [0.1, 0.15) is 30.7 Å². The van der Waals surface area contributed by atoms with Gasteiger partial charge in [-0.3, -0.25) is 0 Å². The molecule has 2 heterocycles. The quantitative estimate of drug-likeness (QED) is 0.894. The van der Waals surface area contributed by atoms with Crippen molar-refractivity contribution >= 4 is 17.3 Å². The molecular weight excluding hydrogens is 304 g/mol. The molecule has 0 radical (unpaired) electrons. The maximum atomic E-state index is 5.63. The topological polar surface area (TPSA) is 68.3 Å². The van der Waals surface area contributed by atoms with Gasteiger partial charge in [-0.2, -0.15) is 0 Å². The van der Waals surface area contributed by atoms with Gasteiger partial charge in [0.25, 0.3) is 0 Å². The van der Waals surface area contributed by atoms with Crippen molar-refractivity contribution in [1.82, 2.24) is 9.97 Å². The predicted molar refractivity (Wildman–Crippen MR) is 93.4 cm³/mol. The first-order valence-electron chi connectivity index (χ1n) is 8.55. The zero-order chi connectivity index (χ0) is 16.4. The number of nitrogens with one attached hydrogen (secondary N) is 2. The molecule has 0 bridgehead atoms. The van der Waals surface area contributed by atoms with Gasteiger partial charge < -0.3 is 20.1 Å². The molecule has 1 aliphatic carbocycles. The average molecular weight is 326 g/mol. The number of ether oxygens (including phenoxy) is 2. The molecule has 1 aromatic heterocycles. The Bertz CT molecular complexity index is 729. The van der Waals surface area contributed by atoms with Crippen molar-refractivity contribution in [1.29, 1.82) is 0 Å². The fraction of sp³-hybridized carbons (Fsp3) is 0.444. The Labute approximate surface area is 141 Å². The highest BCUT2D eigenvalue weighted by molar-refractivity contribution is 5.63. The summed E-state index contributed by atoms with van der Waals surface area (Å²) in [5, 5.41) is 6.86. The Hall–Kier alpha value is -2.50. The lowest BCUT2D eigenvalue weighted by molar-refractivity contribution is 0.171. The van der Waals surface area contributed by atoms with Crippen molar-refractivity contribution in [3.63, 3.8) is 0 Å². The van der Waals surface area contributed by atoms with Crippen LogP contribution in [0, 0.1) is 6.92 Å². The van der Waals surface area contributed by atoms with Gasteiger partial charge in [-0.15, -0.1) is 0 Å². The molecule has 1 aromatic carbocycles. The highest BCUT2D eigenvalue weighted by Gasteiger charge is 2.16. The first-order valence-corrected chi connectivity index (χ1v) is 8.55. The van der Waals surface area contributed by atoms with E-state index in [4.69, 9.17) is 9.47 Å². The molecule has 0 spiro atoms. The van der Waals surface area contributed by atoms with E-state index in [9.17, 15) is 0 Å². The van der Waals surface area contributed by atoms with E-state index in [2.05, 4.69) is 20.6 Å². The minimum atomic E-state index is 0.529. The first-order chi connectivity index (χ1) is 11.8. The summed E-state index contributed by atoms with van der Waals surface area (Å²) < 4.78 is 11.2. The molecule has 1 fully saturated rings. The van der Waals surface area contributed by atoms with E-state index in [1.807, 2.05) is 31.2 Å². The maximum Gasteiger partial charge on any atom is 0.163 e. The van der Waals surface area contributed by atoms with Crippen LogP contribution in [0.4, 0.5) is 17.3 Å². The van der Waals surface area contributed by atoms with Crippen molar-refractivity contribution < 1.29 is 9.47 Å². The van der Waals surface area contributed by atoms with Gasteiger partial charge in [-0.05, 0) is 31.9 Å². The summed E-state index contributed by atoms with van der Waals surface area (Å²) in [5.74, 6) is 3.96. The van der Waals surface area contributed by atoms with Gasteiger partial charge in [-0.1, -0.05) is 12.8 Å². The molecule has 1 aliphatic heterocycles. The Kier molecular flexibility index (Phi) is 4.11. The van der Waals surface area contributed by atoms with Crippen molar-refractivity contribution in [2.45, 2.75) is 38.6 Å². The number of aryl methyl sites for hydroxylation is 1. The second-order valence-electron chi connectivity index (χ2n) is 6.29. The van der Waals surface area contributed by atoms with Gasteiger partial charge in [0, 0.05) is 23.9 Å². The van der Waals surface area contributed by atoms with Gasteiger partial charge >= 0.3 is 0 Å². The van der Waals surface area contributed by atoms with E-state index in [1.165, 1.54) is 25.7 Å². The molecule has 1 saturated carbocycles. The average Bonchev–Trinajstić information content (AvgIpc) is 3.07. The summed E-state index contributed by atoms with van der Waals surface area (Å²) in [4.78, 5) is 8.98. The first kappa shape index (κ1) is 15.1. The lowest BCUT2D eigenvalue weighted by atomic mass is 10.2. The number of nitrogens with zero attached hydrogens (tertiary/aromatic N) is 2. The monoisotopic (exact) mass is 326 g/mol. The van der Waals surface area contributed by atoms with Crippen LogP contribution in [-0.4, -0.2) is 29.2 Å². The minimum absolute atomic E-state index is 0.529. The van der Waals surface area contributed by atoms with Crippen LogP contribution >= 0.6 is 0 Å². The largest absolute Gasteiger partial charge is 0.486 e. The Morgan fingerprint density at radius 1 is 0.958 bits per heavy atom. The van der Waals surface area contributed by atoms with E-state index in [0.29, 0.717) is 19.3 Å². The van der Waals surface area contributed by atoms with E-state index in [-0.39, 0.29) is 0 Å². The third-order valence-corrected chi connectivity index (χ3v) is 4.36. The molecule has 0 amide bonds. The molecule has 2 aromatic rings. The summed E-state index contributed by atoms with van der Waals surface area (Å²) >= 11 is 0. The zero-order valence-electron chi connectivity index (χ0n) is 13.8. The van der Waals surface area contributed by atoms with E-state index in [0.717, 1.165) is 34.6 Å². The molecule has 2 aliphatic rings. The summed E-state index contributed by atoms with van der Waals surface area (Å²) in [5.41, 5.74) is 0.921. The third-order valence-electron chi connectivity index (χ3n) is 4.36. The number of hydrogen-bond acceptors (Lipinski definition) is 6. The normalized spacial score (nSPS) is 16.9. The lowest BCUT2D eigenvalue weighted by Gasteiger charge is -2.19. The van der Waals surface area contributed by atoms with E-state index < -0.39 is 0 Å². The molecule has 0 atom stereocenters. The summed E-state index contributed by atoms with van der Waals surface area (Å²) in [7, 11) is 0. The molecule has 4 rings (SSSR count). The predicted octanol–water partition coefficient (Wildman–Crippen LogP) is 3.65. The smallest absolute Gasteiger partial charge is 0.163 e. The molecule has 0 unspecified atom stereocenters. The molecule has 24 heavy (non-hydrogen) atoms. The van der Waals surface area contributed by atoms with Crippen molar-refractivity contribution in [2.24, 2.45) is 0 Å². The lowest BCUT2D eigenvalue weighted by Crippen LogP contribution is -2.16. The van der Waals surface area contributed by atoms with Gasteiger partial charge in [-0.25, -0.2) is 9.97 Å². The van der Waals surface area contributed by atoms with Gasteiger partial charge in [0.15, 0.2) is 11.5 Å². The summed E-state index contributed by atoms with van der Waals surface area (Å²) in [6, 6.07) is 8.32. The van der Waals surface area contributed by atoms with Crippen LogP contribution in [0.25, 0.3) is 0 Å². The van der Waals surface area contributed by atoms with Crippen LogP contribution in [0.5, 0.6) is 11.5 Å². The summed E-state index contributed by atoms with van der Waals surface area (Å²) in [6.07, 6.45) is 5.02. The summed E-state index contributed by atoms with van der Waals surface area (Å²) in [6.45, 7) is 3.09. The molecule has 0 saturated heterocycles. The van der Waals surface area contributed by atoms with Crippen LogP contribution in [-0.2, 0) is 0 Å². The van der Waals surface area contributed by atoms with Crippen LogP contribution in [0.1, 0.15) is 31.5 Å². The maximum absolute atomic E-state index is 5.63. The SMILES string of the molecule is Cc1nc(Nc2ccc3c(c2)OCCO3)cc(NC2CCCC2)n1.